The molecule has 0 amide bonds. The van der Waals surface area contributed by atoms with E-state index in [-0.39, 0.29) is 17.2 Å². The van der Waals surface area contributed by atoms with Gasteiger partial charge in [-0.15, -0.1) is 0 Å². The summed E-state index contributed by atoms with van der Waals surface area (Å²) in [5.74, 6) is -0.911. The highest BCUT2D eigenvalue weighted by molar-refractivity contribution is 5.50. The molecule has 0 saturated heterocycles. The van der Waals surface area contributed by atoms with E-state index in [9.17, 15) is 9.50 Å². The first-order chi connectivity index (χ1) is 9.97. The Morgan fingerprint density at radius 3 is 2.71 bits per heavy atom. The zero-order valence-corrected chi connectivity index (χ0v) is 12.4. The molecular weight excluding hydrogens is 265 g/mol. The summed E-state index contributed by atoms with van der Waals surface area (Å²) >= 11 is 0. The maximum Gasteiger partial charge on any atom is 0.166 e. The Bertz CT molecular complexity index is 666. The van der Waals surface area contributed by atoms with Crippen LogP contribution in [-0.2, 0) is 6.42 Å². The largest absolute Gasteiger partial charge is 0.505 e. The molecule has 0 radical (unpaired) electrons. The van der Waals surface area contributed by atoms with Gasteiger partial charge in [0.1, 0.15) is 0 Å². The lowest BCUT2D eigenvalue weighted by molar-refractivity contribution is 0.265. The fourth-order valence-corrected chi connectivity index (χ4v) is 3.10. The summed E-state index contributed by atoms with van der Waals surface area (Å²) in [6, 6.07) is 13.0. The number of halogens is 1. The molecule has 2 aromatic rings. The second kappa shape index (κ2) is 5.06. The SMILES string of the molecule is CC1(C)CCc2ccccc2C1Nc1ccc(O)c(F)c1. The van der Waals surface area contributed by atoms with E-state index >= 15 is 0 Å². The number of rotatable bonds is 2. The maximum atomic E-state index is 13.5. The average Bonchev–Trinajstić information content (AvgIpc) is 2.46. The Hall–Kier alpha value is -2.03. The minimum atomic E-state index is -0.595. The molecular formula is C18H20FNO. The number of phenols is 1. The van der Waals surface area contributed by atoms with Crippen LogP contribution in [0.3, 0.4) is 0 Å². The number of nitrogens with one attached hydrogen (secondary N) is 1. The second-order valence-electron chi connectivity index (χ2n) is 6.43. The van der Waals surface area contributed by atoms with Gasteiger partial charge in [0.05, 0.1) is 6.04 Å². The highest BCUT2D eigenvalue weighted by Gasteiger charge is 2.35. The fraction of sp³-hybridized carbons (Fsp3) is 0.333. The van der Waals surface area contributed by atoms with E-state index in [1.165, 1.54) is 23.3 Å². The lowest BCUT2D eigenvalue weighted by Gasteiger charge is -2.41. The topological polar surface area (TPSA) is 32.3 Å². The van der Waals surface area contributed by atoms with Crippen molar-refractivity contribution in [3.05, 3.63) is 59.4 Å². The molecule has 21 heavy (non-hydrogen) atoms. The molecule has 110 valence electrons. The number of benzene rings is 2. The second-order valence-corrected chi connectivity index (χ2v) is 6.43. The maximum absolute atomic E-state index is 13.5. The fourth-order valence-electron chi connectivity index (χ4n) is 3.10. The molecule has 1 atom stereocenters. The molecule has 0 fully saturated rings. The molecule has 2 N–H and O–H groups in total. The van der Waals surface area contributed by atoms with Gasteiger partial charge in [0.25, 0.3) is 0 Å². The molecule has 1 unspecified atom stereocenters. The van der Waals surface area contributed by atoms with Crippen LogP contribution in [0.2, 0.25) is 0 Å². The molecule has 0 spiro atoms. The van der Waals surface area contributed by atoms with E-state index in [0.717, 1.165) is 12.8 Å². The molecule has 2 aromatic carbocycles. The minimum Gasteiger partial charge on any atom is -0.505 e. The third kappa shape index (κ3) is 2.60. The van der Waals surface area contributed by atoms with Gasteiger partial charge in [-0.3, -0.25) is 0 Å². The van der Waals surface area contributed by atoms with E-state index in [1.54, 1.807) is 6.07 Å². The van der Waals surface area contributed by atoms with Crippen molar-refractivity contribution in [3.63, 3.8) is 0 Å². The van der Waals surface area contributed by atoms with Gasteiger partial charge in [-0.05, 0) is 41.5 Å². The summed E-state index contributed by atoms with van der Waals surface area (Å²) in [5.41, 5.74) is 3.42. The number of hydrogen-bond acceptors (Lipinski definition) is 2. The molecule has 0 aromatic heterocycles. The molecule has 0 aliphatic heterocycles. The van der Waals surface area contributed by atoms with Gasteiger partial charge in [0.15, 0.2) is 11.6 Å². The van der Waals surface area contributed by atoms with Crippen LogP contribution in [0.5, 0.6) is 5.75 Å². The zero-order chi connectivity index (χ0) is 15.0. The van der Waals surface area contributed by atoms with Gasteiger partial charge >= 0.3 is 0 Å². The Morgan fingerprint density at radius 2 is 1.95 bits per heavy atom. The van der Waals surface area contributed by atoms with E-state index in [1.807, 2.05) is 6.07 Å². The molecule has 1 aliphatic rings. The monoisotopic (exact) mass is 285 g/mol. The van der Waals surface area contributed by atoms with E-state index < -0.39 is 5.82 Å². The molecule has 0 saturated carbocycles. The van der Waals surface area contributed by atoms with Crippen LogP contribution in [-0.4, -0.2) is 5.11 Å². The Labute approximate surface area is 124 Å². The van der Waals surface area contributed by atoms with Gasteiger partial charge in [0, 0.05) is 11.8 Å². The van der Waals surface area contributed by atoms with Gasteiger partial charge in [-0.25, -0.2) is 4.39 Å². The van der Waals surface area contributed by atoms with Crippen LogP contribution in [0, 0.1) is 11.2 Å². The number of aryl methyl sites for hydroxylation is 1. The van der Waals surface area contributed by atoms with Crippen molar-refractivity contribution in [3.8, 4) is 5.75 Å². The van der Waals surface area contributed by atoms with E-state index in [0.29, 0.717) is 5.69 Å². The van der Waals surface area contributed by atoms with Crippen molar-refractivity contribution in [1.82, 2.24) is 0 Å². The summed E-state index contributed by atoms with van der Waals surface area (Å²) in [6.45, 7) is 4.47. The quantitative estimate of drug-likeness (QED) is 0.787. The molecule has 2 nitrogen and oxygen atoms in total. The van der Waals surface area contributed by atoms with Gasteiger partial charge in [-0.1, -0.05) is 38.1 Å². The highest BCUT2D eigenvalue weighted by atomic mass is 19.1. The number of anilines is 1. The molecule has 0 heterocycles. The molecule has 1 aliphatic carbocycles. The van der Waals surface area contributed by atoms with Crippen LogP contribution in [0.15, 0.2) is 42.5 Å². The van der Waals surface area contributed by atoms with Gasteiger partial charge < -0.3 is 10.4 Å². The average molecular weight is 285 g/mol. The predicted molar refractivity (Wildman–Crippen MR) is 83.0 cm³/mol. The number of phenolic OH excluding ortho intramolecular Hbond substituents is 1. The summed E-state index contributed by atoms with van der Waals surface area (Å²) in [6.07, 6.45) is 2.16. The van der Waals surface area contributed by atoms with Gasteiger partial charge in [-0.2, -0.15) is 0 Å². The van der Waals surface area contributed by atoms with E-state index in [4.69, 9.17) is 0 Å². The smallest absolute Gasteiger partial charge is 0.166 e. The molecule has 3 heteroatoms. The lowest BCUT2D eigenvalue weighted by atomic mass is 9.70. The molecule has 3 rings (SSSR count). The first-order valence-corrected chi connectivity index (χ1v) is 7.30. The summed E-state index contributed by atoms with van der Waals surface area (Å²) in [4.78, 5) is 0. The highest BCUT2D eigenvalue weighted by Crippen LogP contribution is 2.45. The number of aromatic hydroxyl groups is 1. The van der Waals surface area contributed by atoms with Crippen LogP contribution in [0.4, 0.5) is 10.1 Å². The first-order valence-electron chi connectivity index (χ1n) is 7.30. The Kier molecular flexibility index (Phi) is 3.36. The number of fused-ring (bicyclic) bond motifs is 1. The third-order valence-corrected chi connectivity index (χ3v) is 4.44. The van der Waals surface area contributed by atoms with Crippen molar-refractivity contribution < 1.29 is 9.50 Å². The summed E-state index contributed by atoms with van der Waals surface area (Å²) in [5, 5.41) is 12.8. The zero-order valence-electron chi connectivity index (χ0n) is 12.4. The number of hydrogen-bond donors (Lipinski definition) is 2. The standard InChI is InChI=1S/C18H20FNO/c1-18(2)10-9-12-5-3-4-6-14(12)17(18)20-13-7-8-16(21)15(19)11-13/h3-8,11,17,20-21H,9-10H2,1-2H3. The van der Waals surface area contributed by atoms with Crippen LogP contribution >= 0.6 is 0 Å². The Morgan fingerprint density at radius 1 is 1.19 bits per heavy atom. The summed E-state index contributed by atoms with van der Waals surface area (Å²) in [7, 11) is 0. The first kappa shape index (κ1) is 13.9. The predicted octanol–water partition coefficient (Wildman–Crippen LogP) is 4.66. The van der Waals surface area contributed by atoms with Crippen LogP contribution < -0.4 is 5.32 Å². The van der Waals surface area contributed by atoms with Crippen LogP contribution in [0.1, 0.15) is 37.4 Å². The molecule has 0 bridgehead atoms. The van der Waals surface area contributed by atoms with Crippen molar-refractivity contribution in [2.45, 2.75) is 32.7 Å². The van der Waals surface area contributed by atoms with Crippen LogP contribution in [0.25, 0.3) is 0 Å². The van der Waals surface area contributed by atoms with Crippen molar-refractivity contribution in [2.75, 3.05) is 5.32 Å². The third-order valence-electron chi connectivity index (χ3n) is 4.44. The lowest BCUT2D eigenvalue weighted by Crippen LogP contribution is -2.33. The van der Waals surface area contributed by atoms with Crippen molar-refractivity contribution >= 4 is 5.69 Å². The minimum absolute atomic E-state index is 0.0860. The van der Waals surface area contributed by atoms with Crippen molar-refractivity contribution in [1.29, 1.82) is 0 Å². The Balaban J connectivity index is 1.97. The van der Waals surface area contributed by atoms with Crippen molar-refractivity contribution in [2.24, 2.45) is 5.41 Å². The summed E-state index contributed by atoms with van der Waals surface area (Å²) < 4.78 is 13.5. The van der Waals surface area contributed by atoms with Gasteiger partial charge in [0.2, 0.25) is 0 Å². The normalized spacial score (nSPS) is 19.9. The van der Waals surface area contributed by atoms with E-state index in [2.05, 4.69) is 37.4 Å².